The highest BCUT2D eigenvalue weighted by molar-refractivity contribution is 5.71. The van der Waals surface area contributed by atoms with Crippen LogP contribution in [0.15, 0.2) is 60.7 Å². The zero-order valence-corrected chi connectivity index (χ0v) is 19.9. The molecule has 0 aliphatic rings. The normalized spacial score (nSPS) is 10.6. The van der Waals surface area contributed by atoms with E-state index in [0.717, 1.165) is 28.3 Å². The summed E-state index contributed by atoms with van der Waals surface area (Å²) in [4.78, 5) is 0. The van der Waals surface area contributed by atoms with Crippen LogP contribution < -0.4 is 23.7 Å². The fourth-order valence-corrected chi connectivity index (χ4v) is 3.71. The third-order valence-corrected chi connectivity index (χ3v) is 5.34. The first-order chi connectivity index (χ1) is 16.6. The van der Waals surface area contributed by atoms with Gasteiger partial charge in [-0.1, -0.05) is 0 Å². The van der Waals surface area contributed by atoms with E-state index in [1.54, 1.807) is 28.4 Å². The maximum atomic E-state index is 5.59. The van der Waals surface area contributed by atoms with E-state index >= 15 is 0 Å². The van der Waals surface area contributed by atoms with Crippen molar-refractivity contribution in [3.8, 4) is 57.2 Å². The van der Waals surface area contributed by atoms with Gasteiger partial charge in [0.05, 0.1) is 35.0 Å². The summed E-state index contributed by atoms with van der Waals surface area (Å²) in [5, 5.41) is 9.08. The van der Waals surface area contributed by atoms with Crippen LogP contribution in [0, 0.1) is 0 Å². The van der Waals surface area contributed by atoms with Crippen LogP contribution in [0.2, 0.25) is 0 Å². The highest BCUT2D eigenvalue weighted by Crippen LogP contribution is 2.42. The minimum atomic E-state index is 0.510. The molecule has 0 spiro atoms. The van der Waals surface area contributed by atoms with Crippen LogP contribution in [0.25, 0.3) is 28.5 Å². The van der Waals surface area contributed by atoms with E-state index in [9.17, 15) is 0 Å². The number of rotatable bonds is 9. The highest BCUT2D eigenvalue weighted by atomic mass is 16.5. The summed E-state index contributed by atoms with van der Waals surface area (Å²) in [5.74, 6) is 4.43. The fraction of sp³-hybridized carbons (Fsp3) is 0.231. The van der Waals surface area contributed by atoms with Gasteiger partial charge in [-0.25, -0.2) is 0 Å². The van der Waals surface area contributed by atoms with Crippen LogP contribution in [-0.2, 0) is 0 Å². The molecule has 0 amide bonds. The predicted octanol–water partition coefficient (Wildman–Crippen LogP) is 5.03. The predicted molar refractivity (Wildman–Crippen MR) is 130 cm³/mol. The highest BCUT2D eigenvalue weighted by Gasteiger charge is 2.21. The third-order valence-electron chi connectivity index (χ3n) is 5.34. The van der Waals surface area contributed by atoms with E-state index in [-0.39, 0.29) is 0 Å². The second-order valence-corrected chi connectivity index (χ2v) is 7.25. The molecule has 0 unspecified atom stereocenters. The summed E-state index contributed by atoms with van der Waals surface area (Å²) in [5.41, 5.74) is 2.53. The molecule has 0 bridgehead atoms. The van der Waals surface area contributed by atoms with Gasteiger partial charge in [-0.15, -0.1) is 10.2 Å². The number of hydrogen-bond donors (Lipinski definition) is 0. The van der Waals surface area contributed by atoms with Gasteiger partial charge in [-0.2, -0.15) is 0 Å². The average molecular weight is 462 g/mol. The molecule has 0 aliphatic carbocycles. The molecule has 0 fully saturated rings. The molecule has 34 heavy (non-hydrogen) atoms. The first-order valence-electron chi connectivity index (χ1n) is 10.8. The maximum Gasteiger partial charge on any atom is 0.203 e. The molecule has 0 aliphatic heterocycles. The van der Waals surface area contributed by atoms with E-state index < -0.39 is 0 Å². The van der Waals surface area contributed by atoms with Gasteiger partial charge in [0, 0.05) is 16.8 Å². The van der Waals surface area contributed by atoms with Crippen molar-refractivity contribution in [3.05, 3.63) is 60.7 Å². The fourth-order valence-electron chi connectivity index (χ4n) is 3.71. The standard InChI is InChI=1S/C26H27N3O5/c1-6-34-21-11-7-17(8-12-21)25-27-28-26(29(25)19-9-13-20(30-2)14-10-19)18-15-22(31-3)24(33-5)23(16-18)32-4/h7-16H,6H2,1-5H3. The molecule has 4 aromatic rings. The smallest absolute Gasteiger partial charge is 0.203 e. The van der Waals surface area contributed by atoms with E-state index in [4.69, 9.17) is 23.7 Å². The van der Waals surface area contributed by atoms with Crippen LogP contribution in [0.4, 0.5) is 0 Å². The molecular formula is C26H27N3O5. The molecule has 8 nitrogen and oxygen atoms in total. The minimum Gasteiger partial charge on any atom is -0.497 e. The van der Waals surface area contributed by atoms with Gasteiger partial charge < -0.3 is 23.7 Å². The zero-order chi connectivity index (χ0) is 24.1. The van der Waals surface area contributed by atoms with E-state index in [1.807, 2.05) is 72.2 Å². The molecule has 0 saturated carbocycles. The molecule has 4 rings (SSSR count). The summed E-state index contributed by atoms with van der Waals surface area (Å²) in [6.07, 6.45) is 0. The molecule has 8 heteroatoms. The Hall–Kier alpha value is -4.20. The lowest BCUT2D eigenvalue weighted by atomic mass is 10.1. The Balaban J connectivity index is 1.91. The third kappa shape index (κ3) is 4.34. The van der Waals surface area contributed by atoms with Crippen molar-refractivity contribution in [1.29, 1.82) is 0 Å². The molecule has 0 atom stereocenters. The Labute approximate surface area is 198 Å². The van der Waals surface area contributed by atoms with Crippen LogP contribution in [0.3, 0.4) is 0 Å². The first-order valence-corrected chi connectivity index (χ1v) is 10.8. The van der Waals surface area contributed by atoms with Gasteiger partial charge in [0.1, 0.15) is 11.5 Å². The van der Waals surface area contributed by atoms with Crippen molar-refractivity contribution in [3.63, 3.8) is 0 Å². The number of ether oxygens (including phenoxy) is 5. The molecule has 1 aromatic heterocycles. The van der Waals surface area contributed by atoms with Gasteiger partial charge in [0.2, 0.25) is 5.75 Å². The molecule has 0 saturated heterocycles. The Morgan fingerprint density at radius 2 is 1.21 bits per heavy atom. The summed E-state index contributed by atoms with van der Waals surface area (Å²) < 4.78 is 29.5. The quantitative estimate of drug-likeness (QED) is 0.346. The zero-order valence-electron chi connectivity index (χ0n) is 19.9. The second kappa shape index (κ2) is 10.2. The Bertz CT molecular complexity index is 1230. The molecule has 0 N–H and O–H groups in total. The summed E-state index contributed by atoms with van der Waals surface area (Å²) >= 11 is 0. The maximum absolute atomic E-state index is 5.59. The molecule has 1 heterocycles. The molecule has 0 radical (unpaired) electrons. The minimum absolute atomic E-state index is 0.510. The number of methoxy groups -OCH3 is 4. The molecule has 3 aromatic carbocycles. The van der Waals surface area contributed by atoms with Crippen LogP contribution >= 0.6 is 0 Å². The van der Waals surface area contributed by atoms with Gasteiger partial charge >= 0.3 is 0 Å². The second-order valence-electron chi connectivity index (χ2n) is 7.25. The van der Waals surface area contributed by atoms with Gasteiger partial charge in [0.15, 0.2) is 23.1 Å². The van der Waals surface area contributed by atoms with Crippen LogP contribution in [-0.4, -0.2) is 49.8 Å². The Morgan fingerprint density at radius 3 is 1.71 bits per heavy atom. The first kappa shape index (κ1) is 23.0. The number of hydrogen-bond acceptors (Lipinski definition) is 7. The van der Waals surface area contributed by atoms with E-state index in [0.29, 0.717) is 35.5 Å². The number of benzene rings is 3. The lowest BCUT2D eigenvalue weighted by Gasteiger charge is -2.15. The van der Waals surface area contributed by atoms with E-state index in [2.05, 4.69) is 10.2 Å². The van der Waals surface area contributed by atoms with Crippen LogP contribution in [0.5, 0.6) is 28.7 Å². The number of nitrogens with zero attached hydrogens (tertiary/aromatic N) is 3. The van der Waals surface area contributed by atoms with Crippen molar-refractivity contribution >= 4 is 0 Å². The Morgan fingerprint density at radius 1 is 0.647 bits per heavy atom. The van der Waals surface area contributed by atoms with E-state index in [1.165, 1.54) is 0 Å². The Kier molecular flexibility index (Phi) is 6.87. The summed E-state index contributed by atoms with van der Waals surface area (Å²) in [6.45, 7) is 2.56. The van der Waals surface area contributed by atoms with Gasteiger partial charge in [0.25, 0.3) is 0 Å². The molecule has 176 valence electrons. The summed E-state index contributed by atoms with van der Waals surface area (Å²) in [6, 6.07) is 19.2. The lowest BCUT2D eigenvalue weighted by molar-refractivity contribution is 0.324. The SMILES string of the molecule is CCOc1ccc(-c2nnc(-c3cc(OC)c(OC)c(OC)c3)n2-c2ccc(OC)cc2)cc1. The average Bonchev–Trinajstić information content (AvgIpc) is 3.33. The van der Waals surface area contributed by atoms with Crippen molar-refractivity contribution in [1.82, 2.24) is 14.8 Å². The lowest BCUT2D eigenvalue weighted by Crippen LogP contribution is -2.02. The van der Waals surface area contributed by atoms with Crippen molar-refractivity contribution in [2.24, 2.45) is 0 Å². The largest absolute Gasteiger partial charge is 0.497 e. The summed E-state index contributed by atoms with van der Waals surface area (Å²) in [7, 11) is 6.38. The van der Waals surface area contributed by atoms with Crippen molar-refractivity contribution < 1.29 is 23.7 Å². The topological polar surface area (TPSA) is 76.9 Å². The van der Waals surface area contributed by atoms with Crippen molar-refractivity contribution in [2.75, 3.05) is 35.0 Å². The molecular weight excluding hydrogens is 434 g/mol. The van der Waals surface area contributed by atoms with Crippen LogP contribution in [0.1, 0.15) is 6.92 Å². The number of aromatic nitrogens is 3. The van der Waals surface area contributed by atoms with Gasteiger partial charge in [-0.05, 0) is 67.6 Å². The van der Waals surface area contributed by atoms with Gasteiger partial charge in [-0.3, -0.25) is 4.57 Å². The monoisotopic (exact) mass is 461 g/mol. The van der Waals surface area contributed by atoms with Crippen molar-refractivity contribution in [2.45, 2.75) is 6.92 Å².